The van der Waals surface area contributed by atoms with Gasteiger partial charge in [-0.15, -0.1) is 0 Å². The largest absolute Gasteiger partial charge is 0.347 e. The van der Waals surface area contributed by atoms with Crippen LogP contribution in [0.3, 0.4) is 0 Å². The van der Waals surface area contributed by atoms with Crippen molar-refractivity contribution in [1.29, 1.82) is 0 Å². The highest BCUT2D eigenvalue weighted by atomic mass is 16.2. The number of hydrogen-bond donors (Lipinski definition) is 2. The lowest BCUT2D eigenvalue weighted by molar-refractivity contribution is -0.129. The summed E-state index contributed by atoms with van der Waals surface area (Å²) >= 11 is 0. The molecule has 0 atom stereocenters. The molecule has 4 nitrogen and oxygen atoms in total. The van der Waals surface area contributed by atoms with E-state index in [1.54, 1.807) is 0 Å². The van der Waals surface area contributed by atoms with E-state index in [0.29, 0.717) is 0 Å². The fourth-order valence-corrected chi connectivity index (χ4v) is 1.82. The number of anilines is 1. The Kier molecular flexibility index (Phi) is 3.97. The summed E-state index contributed by atoms with van der Waals surface area (Å²) in [7, 11) is 0. The van der Waals surface area contributed by atoms with Crippen molar-refractivity contribution in [2.75, 3.05) is 11.9 Å². The van der Waals surface area contributed by atoms with Gasteiger partial charge in [-0.05, 0) is 31.9 Å². The van der Waals surface area contributed by atoms with E-state index in [-0.39, 0.29) is 24.3 Å². The van der Waals surface area contributed by atoms with Crippen LogP contribution in [0.2, 0.25) is 0 Å². The molecule has 0 unspecified atom stereocenters. The third-order valence-corrected chi connectivity index (χ3v) is 3.23. The van der Waals surface area contributed by atoms with Gasteiger partial charge in [-0.3, -0.25) is 9.59 Å². The van der Waals surface area contributed by atoms with E-state index in [0.717, 1.165) is 30.5 Å². The average molecular weight is 246 g/mol. The molecule has 1 aromatic rings. The van der Waals surface area contributed by atoms with Crippen LogP contribution in [0.25, 0.3) is 0 Å². The van der Waals surface area contributed by atoms with Gasteiger partial charge in [0.05, 0.1) is 6.54 Å². The fraction of sp³-hybridized carbons (Fsp3) is 0.429. The van der Waals surface area contributed by atoms with E-state index in [1.807, 2.05) is 31.2 Å². The predicted octanol–water partition coefficient (Wildman–Crippen LogP) is 1.85. The van der Waals surface area contributed by atoms with Gasteiger partial charge in [0.25, 0.3) is 0 Å². The van der Waals surface area contributed by atoms with Gasteiger partial charge in [-0.25, -0.2) is 0 Å². The summed E-state index contributed by atoms with van der Waals surface area (Å²) in [5.41, 5.74) is 1.90. The molecule has 0 aliphatic heterocycles. The lowest BCUT2D eigenvalue weighted by Gasteiger charge is -2.23. The predicted molar refractivity (Wildman–Crippen MR) is 70.2 cm³/mol. The lowest BCUT2D eigenvalue weighted by Crippen LogP contribution is -2.39. The maximum atomic E-state index is 11.6. The van der Waals surface area contributed by atoms with Gasteiger partial charge in [0.1, 0.15) is 0 Å². The third kappa shape index (κ3) is 3.32. The highest BCUT2D eigenvalue weighted by molar-refractivity contribution is 5.94. The molecule has 0 radical (unpaired) electrons. The molecule has 1 aromatic carbocycles. The molecule has 18 heavy (non-hydrogen) atoms. The molecular weight excluding hydrogens is 228 g/mol. The molecule has 0 bridgehead atoms. The second-order valence-corrected chi connectivity index (χ2v) is 4.76. The second-order valence-electron chi connectivity index (χ2n) is 4.76. The van der Waals surface area contributed by atoms with Crippen molar-refractivity contribution >= 4 is 17.5 Å². The minimum absolute atomic E-state index is 0.000283. The van der Waals surface area contributed by atoms with Crippen molar-refractivity contribution < 1.29 is 9.59 Å². The van der Waals surface area contributed by atoms with Crippen molar-refractivity contribution in [2.24, 2.45) is 5.92 Å². The van der Waals surface area contributed by atoms with Crippen molar-refractivity contribution in [1.82, 2.24) is 5.32 Å². The molecule has 0 heterocycles. The third-order valence-electron chi connectivity index (χ3n) is 3.23. The van der Waals surface area contributed by atoms with Crippen LogP contribution in [-0.2, 0) is 9.59 Å². The molecule has 96 valence electrons. The summed E-state index contributed by atoms with van der Waals surface area (Å²) in [6.07, 6.45) is 3.02. The number of aryl methyl sites for hydroxylation is 1. The highest BCUT2D eigenvalue weighted by Crippen LogP contribution is 2.25. The first-order valence-electron chi connectivity index (χ1n) is 6.29. The van der Waals surface area contributed by atoms with Crippen LogP contribution in [0.4, 0.5) is 5.69 Å². The van der Waals surface area contributed by atoms with Gasteiger partial charge in [0.15, 0.2) is 0 Å². The molecule has 0 aromatic heterocycles. The molecule has 2 rings (SSSR count). The van der Waals surface area contributed by atoms with Gasteiger partial charge in [-0.2, -0.15) is 0 Å². The average Bonchev–Trinajstić information content (AvgIpc) is 2.27. The highest BCUT2D eigenvalue weighted by Gasteiger charge is 2.25. The zero-order valence-electron chi connectivity index (χ0n) is 10.5. The van der Waals surface area contributed by atoms with Gasteiger partial charge < -0.3 is 10.6 Å². The normalized spacial score (nSPS) is 14.7. The maximum Gasteiger partial charge on any atom is 0.243 e. The molecule has 1 saturated carbocycles. The van der Waals surface area contributed by atoms with E-state index < -0.39 is 0 Å². The van der Waals surface area contributed by atoms with Crippen LogP contribution in [0.5, 0.6) is 0 Å². The van der Waals surface area contributed by atoms with E-state index in [1.165, 1.54) is 0 Å². The summed E-state index contributed by atoms with van der Waals surface area (Å²) in [5.74, 6) is -0.0657. The Bertz CT molecular complexity index is 436. The first-order chi connectivity index (χ1) is 8.65. The summed E-state index contributed by atoms with van der Waals surface area (Å²) in [6.45, 7) is 2.04. The first-order valence-corrected chi connectivity index (χ1v) is 6.29. The Hall–Kier alpha value is -1.84. The van der Waals surface area contributed by atoms with Gasteiger partial charge in [0, 0.05) is 11.6 Å². The van der Waals surface area contributed by atoms with Crippen LogP contribution >= 0.6 is 0 Å². The number of hydrogen-bond acceptors (Lipinski definition) is 2. The van der Waals surface area contributed by atoms with Crippen LogP contribution in [0.1, 0.15) is 24.8 Å². The van der Waals surface area contributed by atoms with Crippen LogP contribution in [0, 0.1) is 12.8 Å². The van der Waals surface area contributed by atoms with Gasteiger partial charge in [0.2, 0.25) is 11.8 Å². The molecule has 0 spiro atoms. The van der Waals surface area contributed by atoms with E-state index >= 15 is 0 Å². The monoisotopic (exact) mass is 246 g/mol. The minimum Gasteiger partial charge on any atom is -0.347 e. The Balaban J connectivity index is 1.74. The van der Waals surface area contributed by atoms with Crippen molar-refractivity contribution in [3.8, 4) is 0 Å². The quantitative estimate of drug-likeness (QED) is 0.851. The molecule has 1 aliphatic rings. The van der Waals surface area contributed by atoms with E-state index in [2.05, 4.69) is 10.6 Å². The maximum absolute atomic E-state index is 11.6. The second kappa shape index (κ2) is 5.67. The van der Waals surface area contributed by atoms with E-state index in [4.69, 9.17) is 0 Å². The molecular formula is C14H18N2O2. The topological polar surface area (TPSA) is 58.2 Å². The summed E-state index contributed by atoms with van der Waals surface area (Å²) in [4.78, 5) is 23.1. The number of carbonyl (C=O) groups is 2. The molecule has 1 aliphatic carbocycles. The first kappa shape index (κ1) is 12.6. The Morgan fingerprint density at radius 3 is 2.44 bits per heavy atom. The standard InChI is InChI=1S/C14H18N2O2/c1-10-5-7-12(8-6-10)16-13(17)9-15-14(18)11-3-2-4-11/h5-8,11H,2-4,9H2,1H3,(H,15,18)(H,16,17). The number of rotatable bonds is 4. The van der Waals surface area contributed by atoms with E-state index in [9.17, 15) is 9.59 Å². The minimum atomic E-state index is -0.188. The Morgan fingerprint density at radius 2 is 1.89 bits per heavy atom. The van der Waals surface area contributed by atoms with Gasteiger partial charge in [-0.1, -0.05) is 24.1 Å². The zero-order valence-corrected chi connectivity index (χ0v) is 10.5. The lowest BCUT2D eigenvalue weighted by atomic mass is 9.85. The van der Waals surface area contributed by atoms with Crippen molar-refractivity contribution in [3.63, 3.8) is 0 Å². The number of carbonyl (C=O) groups excluding carboxylic acids is 2. The van der Waals surface area contributed by atoms with Crippen molar-refractivity contribution in [2.45, 2.75) is 26.2 Å². The van der Waals surface area contributed by atoms with Crippen molar-refractivity contribution in [3.05, 3.63) is 29.8 Å². The van der Waals surface area contributed by atoms with Crippen LogP contribution < -0.4 is 10.6 Å². The summed E-state index contributed by atoms with van der Waals surface area (Å²) in [6, 6.07) is 7.56. The van der Waals surface area contributed by atoms with Crippen LogP contribution in [-0.4, -0.2) is 18.4 Å². The smallest absolute Gasteiger partial charge is 0.243 e. The van der Waals surface area contributed by atoms with Crippen LogP contribution in [0.15, 0.2) is 24.3 Å². The SMILES string of the molecule is Cc1ccc(NC(=O)CNC(=O)C2CCC2)cc1. The van der Waals surface area contributed by atoms with Gasteiger partial charge >= 0.3 is 0 Å². The fourth-order valence-electron chi connectivity index (χ4n) is 1.82. The molecule has 4 heteroatoms. The summed E-state index contributed by atoms with van der Waals surface area (Å²) in [5, 5.41) is 5.41. The molecule has 1 fully saturated rings. The number of benzene rings is 1. The zero-order chi connectivity index (χ0) is 13.0. The molecule has 0 saturated heterocycles. The Morgan fingerprint density at radius 1 is 1.22 bits per heavy atom. The molecule has 2 amide bonds. The summed E-state index contributed by atoms with van der Waals surface area (Å²) < 4.78 is 0. The Labute approximate surface area is 107 Å². The number of nitrogens with one attached hydrogen (secondary N) is 2. The number of amides is 2. The molecule has 2 N–H and O–H groups in total.